The lowest BCUT2D eigenvalue weighted by Crippen LogP contribution is -2.10. The largest absolute Gasteiger partial charge is 0.140 e. The van der Waals surface area contributed by atoms with Gasteiger partial charge in [0.15, 0.2) is 0 Å². The minimum absolute atomic E-state index is 0.680. The van der Waals surface area contributed by atoms with Crippen LogP contribution in [0.2, 0.25) is 0 Å². The highest BCUT2D eigenvalue weighted by atomic mass is 79.9. The predicted octanol–water partition coefficient (Wildman–Crippen LogP) is 6.02. The molecule has 0 saturated heterocycles. The molecule has 0 unspecified atom stereocenters. The van der Waals surface area contributed by atoms with Crippen LogP contribution < -0.4 is 0 Å². The van der Waals surface area contributed by atoms with Crippen molar-refractivity contribution >= 4 is 44.9 Å². The third-order valence-corrected chi connectivity index (χ3v) is 5.88. The van der Waals surface area contributed by atoms with Crippen LogP contribution in [0.1, 0.15) is 41.9 Å². The standard InChI is InChI=1S/C14H18BrClS/c1-10-14(15)8-13(17-10)7-12(9-16)11-5-3-2-4-6-11/h7-8,11H,2-6,9H2,1H3/b12-7-. The van der Waals surface area contributed by atoms with E-state index in [1.165, 1.54) is 51.9 Å². The lowest BCUT2D eigenvalue weighted by molar-refractivity contribution is 0.405. The smallest absolute Gasteiger partial charge is 0.0439 e. The summed E-state index contributed by atoms with van der Waals surface area (Å²) >= 11 is 11.5. The van der Waals surface area contributed by atoms with Gasteiger partial charge in [-0.3, -0.25) is 0 Å². The zero-order chi connectivity index (χ0) is 12.3. The van der Waals surface area contributed by atoms with E-state index in [4.69, 9.17) is 11.6 Å². The van der Waals surface area contributed by atoms with E-state index in [2.05, 4.69) is 35.0 Å². The fourth-order valence-corrected chi connectivity index (χ4v) is 4.31. The molecule has 2 rings (SSSR count). The summed E-state index contributed by atoms with van der Waals surface area (Å²) in [5.74, 6) is 1.40. The van der Waals surface area contributed by atoms with Gasteiger partial charge in [0.25, 0.3) is 0 Å². The Morgan fingerprint density at radius 2 is 2.18 bits per heavy atom. The van der Waals surface area contributed by atoms with Gasteiger partial charge >= 0.3 is 0 Å². The summed E-state index contributed by atoms with van der Waals surface area (Å²) in [5, 5.41) is 0. The summed E-state index contributed by atoms with van der Waals surface area (Å²) < 4.78 is 1.21. The number of halogens is 2. The molecule has 0 nitrogen and oxygen atoms in total. The number of thiophene rings is 1. The number of alkyl halides is 1. The fraction of sp³-hybridized carbons (Fsp3) is 0.571. The van der Waals surface area contributed by atoms with Crippen LogP contribution in [0.5, 0.6) is 0 Å². The van der Waals surface area contributed by atoms with Crippen LogP contribution >= 0.6 is 38.9 Å². The normalized spacial score (nSPS) is 18.6. The van der Waals surface area contributed by atoms with Crippen LogP contribution in [-0.4, -0.2) is 5.88 Å². The van der Waals surface area contributed by atoms with Gasteiger partial charge in [-0.05, 0) is 53.8 Å². The number of aryl methyl sites for hydroxylation is 1. The van der Waals surface area contributed by atoms with Crippen LogP contribution in [0.4, 0.5) is 0 Å². The molecule has 17 heavy (non-hydrogen) atoms. The highest BCUT2D eigenvalue weighted by molar-refractivity contribution is 9.10. The van der Waals surface area contributed by atoms with Crippen molar-refractivity contribution in [2.24, 2.45) is 5.92 Å². The van der Waals surface area contributed by atoms with E-state index in [1.807, 2.05) is 11.3 Å². The molecule has 0 radical (unpaired) electrons. The molecule has 0 N–H and O–H groups in total. The molecule has 1 saturated carbocycles. The number of hydrogen-bond donors (Lipinski definition) is 0. The van der Waals surface area contributed by atoms with Gasteiger partial charge in [-0.1, -0.05) is 24.8 Å². The van der Waals surface area contributed by atoms with Gasteiger partial charge in [0.1, 0.15) is 0 Å². The van der Waals surface area contributed by atoms with Crippen molar-refractivity contribution in [3.8, 4) is 0 Å². The van der Waals surface area contributed by atoms with Crippen LogP contribution in [-0.2, 0) is 0 Å². The second-order valence-electron chi connectivity index (χ2n) is 4.74. The van der Waals surface area contributed by atoms with E-state index < -0.39 is 0 Å². The van der Waals surface area contributed by atoms with Gasteiger partial charge in [-0.2, -0.15) is 0 Å². The van der Waals surface area contributed by atoms with Gasteiger partial charge in [-0.15, -0.1) is 22.9 Å². The molecule has 0 spiro atoms. The van der Waals surface area contributed by atoms with Crippen LogP contribution in [0.25, 0.3) is 6.08 Å². The summed E-state index contributed by atoms with van der Waals surface area (Å²) in [4.78, 5) is 2.67. The molecular formula is C14H18BrClS. The van der Waals surface area contributed by atoms with Gasteiger partial charge in [0.2, 0.25) is 0 Å². The quantitative estimate of drug-likeness (QED) is 0.593. The maximum Gasteiger partial charge on any atom is 0.0439 e. The Labute approximate surface area is 121 Å². The first-order chi connectivity index (χ1) is 8.20. The molecule has 1 fully saturated rings. The molecule has 1 heterocycles. The van der Waals surface area contributed by atoms with Crippen molar-refractivity contribution in [3.63, 3.8) is 0 Å². The number of allylic oxidation sites excluding steroid dienone is 1. The minimum atomic E-state index is 0.680. The van der Waals surface area contributed by atoms with E-state index in [0.717, 1.165) is 5.92 Å². The molecule has 1 aliphatic carbocycles. The molecule has 1 aromatic rings. The summed E-state index contributed by atoms with van der Waals surface area (Å²) in [6.45, 7) is 2.15. The first kappa shape index (κ1) is 13.6. The Morgan fingerprint density at radius 1 is 1.47 bits per heavy atom. The molecule has 0 aromatic carbocycles. The third kappa shape index (κ3) is 3.59. The molecule has 0 aliphatic heterocycles. The van der Waals surface area contributed by atoms with Crippen LogP contribution in [0.15, 0.2) is 16.1 Å². The van der Waals surface area contributed by atoms with Crippen LogP contribution in [0, 0.1) is 12.8 Å². The zero-order valence-electron chi connectivity index (χ0n) is 10.1. The van der Waals surface area contributed by atoms with Crippen molar-refractivity contribution in [1.82, 2.24) is 0 Å². The topological polar surface area (TPSA) is 0 Å². The lowest BCUT2D eigenvalue weighted by Gasteiger charge is -2.23. The highest BCUT2D eigenvalue weighted by Crippen LogP contribution is 2.34. The van der Waals surface area contributed by atoms with Crippen molar-refractivity contribution in [2.75, 3.05) is 5.88 Å². The average Bonchev–Trinajstić information content (AvgIpc) is 2.67. The van der Waals surface area contributed by atoms with Crippen molar-refractivity contribution in [3.05, 3.63) is 25.9 Å². The Hall–Kier alpha value is 0.210. The molecule has 0 atom stereocenters. The first-order valence-corrected chi connectivity index (χ1v) is 8.37. The number of rotatable bonds is 3. The molecule has 1 aliphatic rings. The molecule has 1 aromatic heterocycles. The summed E-state index contributed by atoms with van der Waals surface area (Å²) in [5.41, 5.74) is 1.43. The molecule has 0 amide bonds. The molecular weight excluding hydrogens is 316 g/mol. The van der Waals surface area contributed by atoms with E-state index in [-0.39, 0.29) is 0 Å². The molecule has 94 valence electrons. The maximum atomic E-state index is 6.12. The third-order valence-electron chi connectivity index (χ3n) is 3.49. The summed E-state index contributed by atoms with van der Waals surface area (Å²) in [6.07, 6.45) is 9.09. The van der Waals surface area contributed by atoms with Gasteiger partial charge in [0, 0.05) is 20.1 Å². The fourth-order valence-electron chi connectivity index (χ4n) is 2.47. The first-order valence-electron chi connectivity index (χ1n) is 6.23. The van der Waals surface area contributed by atoms with E-state index >= 15 is 0 Å². The van der Waals surface area contributed by atoms with Crippen molar-refractivity contribution < 1.29 is 0 Å². The van der Waals surface area contributed by atoms with E-state index in [1.54, 1.807) is 0 Å². The molecule has 0 bridgehead atoms. The van der Waals surface area contributed by atoms with Crippen molar-refractivity contribution in [1.29, 1.82) is 0 Å². The van der Waals surface area contributed by atoms with Gasteiger partial charge in [-0.25, -0.2) is 0 Å². The Bertz CT molecular complexity index is 383. The average molecular weight is 334 g/mol. The van der Waals surface area contributed by atoms with E-state index in [9.17, 15) is 0 Å². The monoisotopic (exact) mass is 332 g/mol. The minimum Gasteiger partial charge on any atom is -0.140 e. The lowest BCUT2D eigenvalue weighted by atomic mass is 9.84. The second-order valence-corrected chi connectivity index (χ2v) is 7.15. The van der Waals surface area contributed by atoms with E-state index in [0.29, 0.717) is 5.88 Å². The second kappa shape index (κ2) is 6.40. The van der Waals surface area contributed by atoms with Crippen LogP contribution in [0.3, 0.4) is 0 Å². The van der Waals surface area contributed by atoms with Gasteiger partial charge < -0.3 is 0 Å². The summed E-state index contributed by atoms with van der Waals surface area (Å²) in [6, 6.07) is 2.20. The highest BCUT2D eigenvalue weighted by Gasteiger charge is 2.17. The Kier molecular flexibility index (Phi) is 5.13. The Morgan fingerprint density at radius 3 is 2.71 bits per heavy atom. The zero-order valence-corrected chi connectivity index (χ0v) is 13.3. The SMILES string of the molecule is Cc1sc(/C=C(/CCl)C2CCCCC2)cc1Br. The molecule has 3 heteroatoms. The predicted molar refractivity (Wildman–Crippen MR) is 82.0 cm³/mol. The maximum absolute atomic E-state index is 6.12. The van der Waals surface area contributed by atoms with Gasteiger partial charge in [0.05, 0.1) is 0 Å². The van der Waals surface area contributed by atoms with Crippen molar-refractivity contribution in [2.45, 2.75) is 39.0 Å². The summed E-state index contributed by atoms with van der Waals surface area (Å²) in [7, 11) is 0. The Balaban J connectivity index is 2.16. The number of hydrogen-bond acceptors (Lipinski definition) is 1.